The molecule has 0 aliphatic heterocycles. The average Bonchev–Trinajstić information content (AvgIpc) is 2.38. The van der Waals surface area contributed by atoms with Gasteiger partial charge in [-0.25, -0.2) is 9.59 Å². The first kappa shape index (κ1) is 17.7. The lowest BCUT2D eigenvalue weighted by molar-refractivity contribution is -0.139. The van der Waals surface area contributed by atoms with E-state index in [9.17, 15) is 9.59 Å². The summed E-state index contributed by atoms with van der Waals surface area (Å²) in [5.74, 6) is -1.02. The van der Waals surface area contributed by atoms with Crippen LogP contribution in [-0.4, -0.2) is 52.3 Å². The number of nitrogens with zero attached hydrogens (tertiary/aromatic N) is 1. The van der Waals surface area contributed by atoms with E-state index < -0.39 is 18.0 Å². The van der Waals surface area contributed by atoms with E-state index in [2.05, 4.69) is 5.32 Å². The van der Waals surface area contributed by atoms with Crippen molar-refractivity contribution in [2.24, 2.45) is 0 Å². The lowest BCUT2D eigenvalue weighted by atomic mass is 10.1. The van der Waals surface area contributed by atoms with Crippen molar-refractivity contribution in [3.8, 4) is 0 Å². The molecular weight excluding hydrogens is 248 g/mol. The highest BCUT2D eigenvalue weighted by molar-refractivity contribution is 5.82. The van der Waals surface area contributed by atoms with Gasteiger partial charge in [-0.2, -0.15) is 0 Å². The largest absolute Gasteiger partial charge is 0.480 e. The lowest BCUT2D eigenvalue weighted by Crippen LogP contribution is -2.52. The minimum Gasteiger partial charge on any atom is -0.480 e. The minimum absolute atomic E-state index is 0.0169. The summed E-state index contributed by atoms with van der Waals surface area (Å²) in [4.78, 5) is 24.7. The van der Waals surface area contributed by atoms with Crippen molar-refractivity contribution < 1.29 is 19.8 Å². The fraction of sp³-hybridized carbons (Fsp3) is 0.846. The smallest absolute Gasteiger partial charge is 0.326 e. The number of amides is 2. The number of carboxylic acids is 1. The highest BCUT2D eigenvalue weighted by Crippen LogP contribution is 2.09. The van der Waals surface area contributed by atoms with Crippen LogP contribution in [0.2, 0.25) is 0 Å². The molecule has 0 fully saturated rings. The zero-order valence-corrected chi connectivity index (χ0v) is 12.1. The normalized spacial score (nSPS) is 12.3. The molecule has 0 radical (unpaired) electrons. The molecule has 0 heterocycles. The SMILES string of the molecule is CCC[C@H](NC(=O)N(CCO)C(CC)CC)C(=O)O. The van der Waals surface area contributed by atoms with Gasteiger partial charge in [0.25, 0.3) is 0 Å². The zero-order valence-electron chi connectivity index (χ0n) is 12.1. The Morgan fingerprint density at radius 1 is 1.21 bits per heavy atom. The number of carboxylic acid groups (broad SMARTS) is 1. The predicted octanol–water partition coefficient (Wildman–Crippen LogP) is 1.43. The molecule has 0 saturated heterocycles. The number of carbonyl (C=O) groups is 2. The van der Waals surface area contributed by atoms with Crippen LogP contribution in [0.1, 0.15) is 46.5 Å². The third-order valence-corrected chi connectivity index (χ3v) is 3.16. The molecule has 3 N–H and O–H groups in total. The van der Waals surface area contributed by atoms with Crippen LogP contribution < -0.4 is 5.32 Å². The molecule has 0 rings (SSSR count). The minimum atomic E-state index is -1.02. The number of carbonyl (C=O) groups excluding carboxylic acids is 1. The van der Waals surface area contributed by atoms with E-state index >= 15 is 0 Å². The van der Waals surface area contributed by atoms with Crippen LogP contribution in [0, 0.1) is 0 Å². The molecule has 0 aromatic carbocycles. The summed E-state index contributed by atoms with van der Waals surface area (Å²) < 4.78 is 0. The molecule has 0 unspecified atom stereocenters. The van der Waals surface area contributed by atoms with Crippen LogP contribution in [0.3, 0.4) is 0 Å². The second kappa shape index (κ2) is 9.61. The number of hydrogen-bond acceptors (Lipinski definition) is 3. The first-order valence-corrected chi connectivity index (χ1v) is 6.92. The molecule has 6 nitrogen and oxygen atoms in total. The molecular formula is C13H26N2O4. The molecule has 0 aliphatic carbocycles. The Balaban J connectivity index is 4.74. The van der Waals surface area contributed by atoms with Crippen molar-refractivity contribution in [2.45, 2.75) is 58.5 Å². The van der Waals surface area contributed by atoms with E-state index in [1.54, 1.807) is 0 Å². The Bertz CT molecular complexity index is 280. The van der Waals surface area contributed by atoms with E-state index in [1.807, 2.05) is 20.8 Å². The molecule has 6 heteroatoms. The van der Waals surface area contributed by atoms with Gasteiger partial charge in [0.15, 0.2) is 0 Å². The van der Waals surface area contributed by atoms with E-state index in [1.165, 1.54) is 4.90 Å². The summed E-state index contributed by atoms with van der Waals surface area (Å²) in [5, 5.41) is 20.6. The molecule has 0 bridgehead atoms. The Morgan fingerprint density at radius 3 is 2.16 bits per heavy atom. The van der Waals surface area contributed by atoms with Crippen LogP contribution in [0.15, 0.2) is 0 Å². The monoisotopic (exact) mass is 274 g/mol. The topological polar surface area (TPSA) is 89.9 Å². The second-order valence-corrected chi connectivity index (χ2v) is 4.52. The van der Waals surface area contributed by atoms with Crippen molar-refractivity contribution >= 4 is 12.0 Å². The van der Waals surface area contributed by atoms with Gasteiger partial charge < -0.3 is 20.4 Å². The van der Waals surface area contributed by atoms with E-state index in [0.29, 0.717) is 12.8 Å². The number of aliphatic carboxylic acids is 1. The summed E-state index contributed by atoms with van der Waals surface area (Å²) in [7, 11) is 0. The fourth-order valence-electron chi connectivity index (χ4n) is 2.07. The molecule has 0 saturated carbocycles. The predicted molar refractivity (Wildman–Crippen MR) is 73.0 cm³/mol. The van der Waals surface area contributed by atoms with Gasteiger partial charge in [-0.15, -0.1) is 0 Å². The van der Waals surface area contributed by atoms with Gasteiger partial charge in [0.1, 0.15) is 6.04 Å². The maximum atomic E-state index is 12.1. The molecule has 2 amide bonds. The van der Waals surface area contributed by atoms with Crippen molar-refractivity contribution in [1.82, 2.24) is 10.2 Å². The summed E-state index contributed by atoms with van der Waals surface area (Å²) in [5.41, 5.74) is 0. The molecule has 1 atom stereocenters. The summed E-state index contributed by atoms with van der Waals surface area (Å²) in [6.07, 6.45) is 2.63. The van der Waals surface area contributed by atoms with Crippen LogP contribution in [0.4, 0.5) is 4.79 Å². The van der Waals surface area contributed by atoms with Gasteiger partial charge in [0, 0.05) is 12.6 Å². The Morgan fingerprint density at radius 2 is 1.79 bits per heavy atom. The number of aliphatic hydroxyl groups is 1. The van der Waals surface area contributed by atoms with Crippen molar-refractivity contribution in [1.29, 1.82) is 0 Å². The van der Waals surface area contributed by atoms with Crippen molar-refractivity contribution in [2.75, 3.05) is 13.2 Å². The number of hydrogen-bond donors (Lipinski definition) is 3. The molecule has 0 spiro atoms. The van der Waals surface area contributed by atoms with Gasteiger partial charge in [-0.3, -0.25) is 0 Å². The third kappa shape index (κ3) is 5.92. The van der Waals surface area contributed by atoms with E-state index in [-0.39, 0.29) is 19.2 Å². The maximum Gasteiger partial charge on any atom is 0.326 e. The Hall–Kier alpha value is -1.30. The summed E-state index contributed by atoms with van der Waals surface area (Å²) in [6.45, 7) is 5.89. The van der Waals surface area contributed by atoms with Crippen LogP contribution in [0.25, 0.3) is 0 Å². The van der Waals surface area contributed by atoms with Crippen molar-refractivity contribution in [3.63, 3.8) is 0 Å². The van der Waals surface area contributed by atoms with Gasteiger partial charge in [0.05, 0.1) is 6.61 Å². The van der Waals surface area contributed by atoms with Gasteiger partial charge in [0.2, 0.25) is 0 Å². The highest BCUT2D eigenvalue weighted by atomic mass is 16.4. The first-order chi connectivity index (χ1) is 9.01. The summed E-state index contributed by atoms with van der Waals surface area (Å²) in [6, 6.07) is -1.26. The Labute approximate surface area is 114 Å². The molecule has 0 aliphatic rings. The number of aliphatic hydroxyl groups excluding tert-OH is 1. The maximum absolute atomic E-state index is 12.1. The standard InChI is InChI=1S/C13H26N2O4/c1-4-7-11(12(17)18)14-13(19)15(8-9-16)10(5-2)6-3/h10-11,16H,4-9H2,1-3H3,(H,14,19)(H,17,18)/t11-/m0/s1. The lowest BCUT2D eigenvalue weighted by Gasteiger charge is -2.31. The third-order valence-electron chi connectivity index (χ3n) is 3.16. The number of nitrogens with one attached hydrogen (secondary N) is 1. The molecule has 19 heavy (non-hydrogen) atoms. The molecule has 112 valence electrons. The van der Waals surface area contributed by atoms with Gasteiger partial charge >= 0.3 is 12.0 Å². The number of urea groups is 1. The quantitative estimate of drug-likeness (QED) is 0.593. The summed E-state index contributed by atoms with van der Waals surface area (Å²) >= 11 is 0. The van der Waals surface area contributed by atoms with E-state index in [0.717, 1.165) is 12.8 Å². The average molecular weight is 274 g/mol. The van der Waals surface area contributed by atoms with Crippen LogP contribution in [-0.2, 0) is 4.79 Å². The van der Waals surface area contributed by atoms with Gasteiger partial charge in [-0.1, -0.05) is 27.2 Å². The zero-order chi connectivity index (χ0) is 14.8. The first-order valence-electron chi connectivity index (χ1n) is 6.92. The highest BCUT2D eigenvalue weighted by Gasteiger charge is 2.25. The molecule has 0 aromatic heterocycles. The number of rotatable bonds is 9. The van der Waals surface area contributed by atoms with Crippen LogP contribution in [0.5, 0.6) is 0 Å². The van der Waals surface area contributed by atoms with E-state index in [4.69, 9.17) is 10.2 Å². The second-order valence-electron chi connectivity index (χ2n) is 4.52. The van der Waals surface area contributed by atoms with Crippen LogP contribution >= 0.6 is 0 Å². The van der Waals surface area contributed by atoms with Gasteiger partial charge in [-0.05, 0) is 19.3 Å². The Kier molecular flexibility index (Phi) is 8.95. The van der Waals surface area contributed by atoms with Crippen molar-refractivity contribution in [3.05, 3.63) is 0 Å². The molecule has 0 aromatic rings. The fourth-order valence-corrected chi connectivity index (χ4v) is 2.07.